The molecule has 0 atom stereocenters. The molecule has 0 aliphatic carbocycles. The monoisotopic (exact) mass is 372 g/mol. The Morgan fingerprint density at radius 1 is 1.14 bits per heavy atom. The molecule has 0 saturated carbocycles. The van der Waals surface area contributed by atoms with Gasteiger partial charge in [-0.3, -0.25) is 5.43 Å². The predicted octanol–water partition coefficient (Wildman–Crippen LogP) is 4.92. The first-order valence-electron chi connectivity index (χ1n) is 6.21. The zero-order valence-electron chi connectivity index (χ0n) is 11.5. The number of anilines is 1. The van der Waals surface area contributed by atoms with E-state index < -0.39 is 11.7 Å². The van der Waals surface area contributed by atoms with Crippen molar-refractivity contribution in [3.8, 4) is 5.75 Å². The summed E-state index contributed by atoms with van der Waals surface area (Å²) < 4.78 is 44.8. The van der Waals surface area contributed by atoms with Crippen LogP contribution in [0.5, 0.6) is 5.75 Å². The fraction of sp³-hybridized carbons (Fsp3) is 0.133. The smallest absolute Gasteiger partial charge is 0.417 e. The lowest BCUT2D eigenvalue weighted by atomic mass is 10.1. The number of halogens is 4. The van der Waals surface area contributed by atoms with Gasteiger partial charge in [-0.15, -0.1) is 0 Å². The second-order valence-electron chi connectivity index (χ2n) is 4.28. The lowest BCUT2D eigenvalue weighted by molar-refractivity contribution is -0.137. The number of para-hydroxylation sites is 1. The Kier molecular flexibility index (Phi) is 5.07. The van der Waals surface area contributed by atoms with Crippen LogP contribution in [0, 0.1) is 0 Å². The fourth-order valence-electron chi connectivity index (χ4n) is 1.84. The van der Waals surface area contributed by atoms with E-state index in [4.69, 9.17) is 4.74 Å². The normalized spacial score (nSPS) is 11.7. The molecule has 0 aliphatic heterocycles. The van der Waals surface area contributed by atoms with Gasteiger partial charge in [-0.1, -0.05) is 18.2 Å². The van der Waals surface area contributed by atoms with Crippen LogP contribution in [0.25, 0.3) is 0 Å². The van der Waals surface area contributed by atoms with Gasteiger partial charge in [-0.05, 0) is 40.2 Å². The van der Waals surface area contributed by atoms with Crippen LogP contribution in [0.2, 0.25) is 0 Å². The fourth-order valence-corrected chi connectivity index (χ4v) is 2.35. The third kappa shape index (κ3) is 3.79. The van der Waals surface area contributed by atoms with Crippen LogP contribution in [-0.2, 0) is 6.18 Å². The molecule has 0 spiro atoms. The summed E-state index contributed by atoms with van der Waals surface area (Å²) in [6, 6.07) is 11.2. The first-order valence-corrected chi connectivity index (χ1v) is 7.00. The molecule has 116 valence electrons. The SMILES string of the molecule is COc1c(Br)ccc(C(F)(F)F)c1C=NNc1ccccc1. The maximum Gasteiger partial charge on any atom is 0.417 e. The summed E-state index contributed by atoms with van der Waals surface area (Å²) in [7, 11) is 1.31. The molecule has 0 aliphatic rings. The molecule has 0 fully saturated rings. The lowest BCUT2D eigenvalue weighted by Gasteiger charge is -2.14. The van der Waals surface area contributed by atoms with Crippen LogP contribution >= 0.6 is 15.9 Å². The second kappa shape index (κ2) is 6.83. The van der Waals surface area contributed by atoms with E-state index in [0.717, 1.165) is 12.3 Å². The van der Waals surface area contributed by atoms with Crippen molar-refractivity contribution in [2.45, 2.75) is 6.18 Å². The van der Waals surface area contributed by atoms with Crippen molar-refractivity contribution in [3.63, 3.8) is 0 Å². The first-order chi connectivity index (χ1) is 10.4. The van der Waals surface area contributed by atoms with Gasteiger partial charge >= 0.3 is 6.18 Å². The van der Waals surface area contributed by atoms with Crippen LogP contribution in [0.1, 0.15) is 11.1 Å². The Balaban J connectivity index is 2.37. The first kappa shape index (κ1) is 16.4. The van der Waals surface area contributed by atoms with Gasteiger partial charge < -0.3 is 4.74 Å². The largest absolute Gasteiger partial charge is 0.495 e. The average molecular weight is 373 g/mol. The van der Waals surface area contributed by atoms with Crippen molar-refractivity contribution < 1.29 is 17.9 Å². The van der Waals surface area contributed by atoms with Crippen molar-refractivity contribution in [2.24, 2.45) is 5.10 Å². The summed E-state index contributed by atoms with van der Waals surface area (Å²) in [5.74, 6) is 0.0773. The van der Waals surface area contributed by atoms with Gasteiger partial charge in [0.1, 0.15) is 5.75 Å². The summed E-state index contributed by atoms with van der Waals surface area (Å²) in [5.41, 5.74) is 2.38. The van der Waals surface area contributed by atoms with E-state index in [1.807, 2.05) is 6.07 Å². The van der Waals surface area contributed by atoms with E-state index >= 15 is 0 Å². The number of nitrogens with one attached hydrogen (secondary N) is 1. The third-order valence-electron chi connectivity index (χ3n) is 2.82. The highest BCUT2D eigenvalue weighted by Crippen LogP contribution is 2.38. The number of methoxy groups -OCH3 is 1. The number of alkyl halides is 3. The van der Waals surface area contributed by atoms with E-state index in [1.54, 1.807) is 24.3 Å². The maximum absolute atomic E-state index is 13.1. The minimum absolute atomic E-state index is 0.0773. The maximum atomic E-state index is 13.1. The van der Waals surface area contributed by atoms with Crippen molar-refractivity contribution in [2.75, 3.05) is 12.5 Å². The molecular weight excluding hydrogens is 361 g/mol. The van der Waals surface area contributed by atoms with Crippen molar-refractivity contribution in [3.05, 3.63) is 58.1 Å². The van der Waals surface area contributed by atoms with Crippen LogP contribution in [0.3, 0.4) is 0 Å². The molecule has 0 aromatic heterocycles. The number of ether oxygens (including phenoxy) is 1. The number of nitrogens with zero attached hydrogens (tertiary/aromatic N) is 1. The summed E-state index contributed by atoms with van der Waals surface area (Å²) in [6.07, 6.45) is -3.40. The molecule has 2 rings (SSSR count). The second-order valence-corrected chi connectivity index (χ2v) is 5.13. The Morgan fingerprint density at radius 3 is 2.41 bits per heavy atom. The molecule has 7 heteroatoms. The quantitative estimate of drug-likeness (QED) is 0.610. The summed E-state index contributed by atoms with van der Waals surface area (Å²) in [4.78, 5) is 0. The van der Waals surface area contributed by atoms with Gasteiger partial charge in [0.2, 0.25) is 0 Å². The van der Waals surface area contributed by atoms with Crippen LogP contribution in [0.4, 0.5) is 18.9 Å². The molecule has 1 N–H and O–H groups in total. The number of hydrogen-bond acceptors (Lipinski definition) is 3. The van der Waals surface area contributed by atoms with Gasteiger partial charge in [0.25, 0.3) is 0 Å². The molecule has 3 nitrogen and oxygen atoms in total. The minimum Gasteiger partial charge on any atom is -0.495 e. The minimum atomic E-state index is -4.50. The average Bonchev–Trinajstić information content (AvgIpc) is 2.47. The van der Waals surface area contributed by atoms with Crippen LogP contribution in [-0.4, -0.2) is 13.3 Å². The van der Waals surface area contributed by atoms with Gasteiger partial charge in [-0.25, -0.2) is 0 Å². The summed E-state index contributed by atoms with van der Waals surface area (Å²) >= 11 is 3.17. The van der Waals surface area contributed by atoms with E-state index in [9.17, 15) is 13.2 Å². The molecular formula is C15H12BrF3N2O. The Hall–Kier alpha value is -2.02. The van der Waals surface area contributed by atoms with Crippen molar-refractivity contribution in [1.29, 1.82) is 0 Å². The van der Waals surface area contributed by atoms with E-state index in [2.05, 4.69) is 26.5 Å². The molecule has 22 heavy (non-hydrogen) atoms. The lowest BCUT2D eigenvalue weighted by Crippen LogP contribution is -2.11. The van der Waals surface area contributed by atoms with E-state index in [1.165, 1.54) is 13.2 Å². The number of hydrogen-bond donors (Lipinski definition) is 1. The zero-order valence-corrected chi connectivity index (χ0v) is 13.1. The van der Waals surface area contributed by atoms with Gasteiger partial charge in [0.15, 0.2) is 0 Å². The predicted molar refractivity (Wildman–Crippen MR) is 83.4 cm³/mol. The Morgan fingerprint density at radius 2 is 1.82 bits per heavy atom. The number of benzene rings is 2. The molecule has 2 aromatic rings. The summed E-state index contributed by atoms with van der Waals surface area (Å²) in [5, 5.41) is 3.86. The van der Waals surface area contributed by atoms with E-state index in [-0.39, 0.29) is 11.3 Å². The Labute approximate surface area is 133 Å². The highest BCUT2D eigenvalue weighted by molar-refractivity contribution is 9.10. The molecule has 0 saturated heterocycles. The number of rotatable bonds is 4. The Bertz CT molecular complexity index is 672. The van der Waals surface area contributed by atoms with Crippen molar-refractivity contribution in [1.82, 2.24) is 0 Å². The van der Waals surface area contributed by atoms with Crippen molar-refractivity contribution >= 4 is 27.8 Å². The van der Waals surface area contributed by atoms with Gasteiger partial charge in [0.05, 0.1) is 29.0 Å². The standard InChI is InChI=1S/C15H12BrF3N2O/c1-22-14-11(9-20-21-10-5-3-2-4-6-10)12(15(17,18)19)7-8-13(14)16/h2-9,21H,1H3. The molecule has 0 unspecified atom stereocenters. The van der Waals surface area contributed by atoms with Crippen LogP contribution < -0.4 is 10.2 Å². The van der Waals surface area contributed by atoms with E-state index in [0.29, 0.717) is 10.2 Å². The molecule has 0 heterocycles. The zero-order chi connectivity index (χ0) is 16.2. The molecule has 2 aromatic carbocycles. The summed E-state index contributed by atoms with van der Waals surface area (Å²) in [6.45, 7) is 0. The highest BCUT2D eigenvalue weighted by Gasteiger charge is 2.34. The third-order valence-corrected chi connectivity index (χ3v) is 3.44. The van der Waals surface area contributed by atoms with Crippen LogP contribution in [0.15, 0.2) is 52.0 Å². The number of hydrazone groups is 1. The van der Waals surface area contributed by atoms with Gasteiger partial charge in [0, 0.05) is 5.56 Å². The topological polar surface area (TPSA) is 33.6 Å². The highest BCUT2D eigenvalue weighted by atomic mass is 79.9. The molecule has 0 bridgehead atoms. The molecule has 0 amide bonds. The molecule has 0 radical (unpaired) electrons. The van der Waals surface area contributed by atoms with Gasteiger partial charge in [-0.2, -0.15) is 18.3 Å².